The number of carbonyl (C=O) groups excluding carboxylic acids is 1. The number of methoxy groups -OCH3 is 1. The summed E-state index contributed by atoms with van der Waals surface area (Å²) in [6, 6.07) is 23.6. The summed E-state index contributed by atoms with van der Waals surface area (Å²) in [4.78, 5) is 18.2. The number of ether oxygens (including phenoxy) is 1. The van der Waals surface area contributed by atoms with Crippen molar-refractivity contribution in [2.75, 3.05) is 45.7 Å². The highest BCUT2D eigenvalue weighted by Crippen LogP contribution is 2.29. The predicted molar refractivity (Wildman–Crippen MR) is 170 cm³/mol. The summed E-state index contributed by atoms with van der Waals surface area (Å²) >= 11 is 0. The Hall–Kier alpha value is -3.09. The van der Waals surface area contributed by atoms with Crippen LogP contribution in [0.25, 0.3) is 10.8 Å². The van der Waals surface area contributed by atoms with Crippen LogP contribution in [0.2, 0.25) is 0 Å². The van der Waals surface area contributed by atoms with E-state index in [1.807, 2.05) is 24.3 Å². The molecular formula is C35H48N4O2. The van der Waals surface area contributed by atoms with Crippen LogP contribution in [0.3, 0.4) is 0 Å². The number of carbonyl (C=O) groups is 1. The van der Waals surface area contributed by atoms with Gasteiger partial charge in [0.05, 0.1) is 7.11 Å². The highest BCUT2D eigenvalue weighted by Gasteiger charge is 2.29. The van der Waals surface area contributed by atoms with Crippen molar-refractivity contribution in [3.8, 4) is 5.75 Å². The molecule has 0 unspecified atom stereocenters. The summed E-state index contributed by atoms with van der Waals surface area (Å²) in [6.07, 6.45) is 11.4. The van der Waals surface area contributed by atoms with E-state index in [1.54, 1.807) is 7.11 Å². The molecule has 2 fully saturated rings. The second-order valence-corrected chi connectivity index (χ2v) is 12.2. The molecule has 3 aromatic rings. The molecule has 2 N–H and O–H groups in total. The lowest BCUT2D eigenvalue weighted by molar-refractivity contribution is 0.136. The first-order valence-corrected chi connectivity index (χ1v) is 15.7. The third kappa shape index (κ3) is 8.46. The highest BCUT2D eigenvalue weighted by molar-refractivity contribution is 5.93. The second-order valence-electron chi connectivity index (χ2n) is 12.2. The van der Waals surface area contributed by atoms with Crippen LogP contribution < -0.4 is 15.4 Å². The van der Waals surface area contributed by atoms with Gasteiger partial charge in [-0.05, 0) is 85.8 Å². The van der Waals surface area contributed by atoms with E-state index in [9.17, 15) is 4.79 Å². The molecule has 3 aromatic carbocycles. The Balaban J connectivity index is 1.16. The summed E-state index contributed by atoms with van der Waals surface area (Å²) in [6.45, 7) is 3.98. The Morgan fingerprint density at radius 2 is 1.76 bits per heavy atom. The molecule has 2 amide bonds. The third-order valence-corrected chi connectivity index (χ3v) is 9.30. The molecule has 5 rings (SSSR count). The molecular weight excluding hydrogens is 508 g/mol. The van der Waals surface area contributed by atoms with Gasteiger partial charge in [0.25, 0.3) is 0 Å². The van der Waals surface area contributed by atoms with Crippen molar-refractivity contribution in [1.29, 1.82) is 0 Å². The molecule has 0 spiro atoms. The molecule has 2 atom stereocenters. The van der Waals surface area contributed by atoms with Crippen molar-refractivity contribution in [2.45, 2.75) is 69.9 Å². The van der Waals surface area contributed by atoms with Gasteiger partial charge in [-0.15, -0.1) is 0 Å². The second kappa shape index (κ2) is 14.7. The Labute approximate surface area is 246 Å². The monoisotopic (exact) mass is 556 g/mol. The number of hydrogen-bond acceptors (Lipinski definition) is 4. The van der Waals surface area contributed by atoms with Crippen molar-refractivity contribution in [2.24, 2.45) is 5.92 Å². The zero-order valence-corrected chi connectivity index (χ0v) is 25.0. The Bertz CT molecular complexity index is 1240. The number of hydrogen-bond donors (Lipinski definition) is 2. The summed E-state index contributed by atoms with van der Waals surface area (Å²) < 4.78 is 5.32. The minimum atomic E-state index is -0.121. The first kappa shape index (κ1) is 29.4. The maximum Gasteiger partial charge on any atom is 0.319 e. The van der Waals surface area contributed by atoms with Gasteiger partial charge in [0.1, 0.15) is 5.75 Å². The van der Waals surface area contributed by atoms with Crippen molar-refractivity contribution in [3.63, 3.8) is 0 Å². The molecule has 6 heteroatoms. The lowest BCUT2D eigenvalue weighted by Gasteiger charge is -2.36. The number of amides is 2. The molecule has 0 aromatic heterocycles. The third-order valence-electron chi connectivity index (χ3n) is 9.30. The van der Waals surface area contributed by atoms with Gasteiger partial charge in [-0.2, -0.15) is 0 Å². The number of anilines is 1. The molecule has 0 bridgehead atoms. The Kier molecular flexibility index (Phi) is 10.5. The zero-order chi connectivity index (χ0) is 28.4. The molecule has 0 radical (unpaired) electrons. The molecule has 1 saturated carbocycles. The van der Waals surface area contributed by atoms with Gasteiger partial charge in [-0.3, -0.25) is 4.90 Å². The van der Waals surface area contributed by atoms with Crippen LogP contribution in [0.4, 0.5) is 10.5 Å². The summed E-state index contributed by atoms with van der Waals surface area (Å²) in [7, 11) is 3.99. The van der Waals surface area contributed by atoms with E-state index in [0.717, 1.165) is 48.7 Å². The average Bonchev–Trinajstić information content (AvgIpc) is 3.45. The number of fused-ring (bicyclic) bond motifs is 1. The summed E-state index contributed by atoms with van der Waals surface area (Å²) in [5.74, 6) is 1.68. The van der Waals surface area contributed by atoms with Crippen LogP contribution in [0.5, 0.6) is 5.75 Å². The average molecular weight is 557 g/mol. The molecule has 220 valence electrons. The number of benzene rings is 3. The molecule has 1 aliphatic heterocycles. The van der Waals surface area contributed by atoms with Crippen LogP contribution in [0.1, 0.15) is 56.9 Å². The van der Waals surface area contributed by atoms with Gasteiger partial charge < -0.3 is 20.3 Å². The van der Waals surface area contributed by atoms with Gasteiger partial charge in [0.2, 0.25) is 0 Å². The number of nitrogens with one attached hydrogen (secondary N) is 2. The number of rotatable bonds is 12. The maximum atomic E-state index is 13.0. The standard InChI is InChI=1S/C35H48N4O2/c1-38(26-32-13-8-21-39(32)22-20-27-14-18-34(41-2)19-15-27)33(23-28-9-4-3-5-10-28)25-36-35(40)37-31-17-16-29-11-6-7-12-30(29)24-31/h6-7,11-12,14-19,24,28,32-33H,3-5,8-10,13,20-23,25-26H2,1-2H3,(H2,36,37,40)/t32-,33+/m0/s1. The highest BCUT2D eigenvalue weighted by atomic mass is 16.5. The molecule has 41 heavy (non-hydrogen) atoms. The topological polar surface area (TPSA) is 56.8 Å². The molecule has 6 nitrogen and oxygen atoms in total. The lowest BCUT2D eigenvalue weighted by Crippen LogP contribution is -2.48. The number of likely N-dealkylation sites (N-methyl/N-ethyl adjacent to an activating group) is 1. The fourth-order valence-corrected chi connectivity index (χ4v) is 6.82. The molecule has 1 aliphatic carbocycles. The number of nitrogens with zero attached hydrogens (tertiary/aromatic N) is 2. The molecule has 1 saturated heterocycles. The SMILES string of the molecule is COc1ccc(CCN2CCC[C@H]2CN(C)[C@@H](CNC(=O)Nc2ccc3ccccc3c2)CC2CCCCC2)cc1. The van der Waals surface area contributed by atoms with E-state index in [-0.39, 0.29) is 6.03 Å². The largest absolute Gasteiger partial charge is 0.497 e. The minimum absolute atomic E-state index is 0.121. The van der Waals surface area contributed by atoms with Crippen LogP contribution >= 0.6 is 0 Å². The van der Waals surface area contributed by atoms with Crippen LogP contribution in [0, 0.1) is 5.92 Å². The molecule has 1 heterocycles. The fourth-order valence-electron chi connectivity index (χ4n) is 6.82. The van der Waals surface area contributed by atoms with Gasteiger partial charge in [0, 0.05) is 37.4 Å². The van der Waals surface area contributed by atoms with Crippen molar-refractivity contribution < 1.29 is 9.53 Å². The van der Waals surface area contributed by atoms with Gasteiger partial charge in [0.15, 0.2) is 0 Å². The van der Waals surface area contributed by atoms with Crippen LogP contribution in [-0.4, -0.2) is 68.3 Å². The summed E-state index contributed by atoms with van der Waals surface area (Å²) in [5, 5.41) is 8.60. The van der Waals surface area contributed by atoms with Crippen molar-refractivity contribution in [3.05, 3.63) is 72.3 Å². The minimum Gasteiger partial charge on any atom is -0.497 e. The normalized spacial score (nSPS) is 19.0. The fraction of sp³-hybridized carbons (Fsp3) is 0.514. The Morgan fingerprint density at radius 1 is 0.976 bits per heavy atom. The van der Waals surface area contributed by atoms with E-state index >= 15 is 0 Å². The van der Waals surface area contributed by atoms with Crippen LogP contribution in [0.15, 0.2) is 66.7 Å². The van der Waals surface area contributed by atoms with E-state index < -0.39 is 0 Å². The smallest absolute Gasteiger partial charge is 0.319 e. The maximum absolute atomic E-state index is 13.0. The van der Waals surface area contributed by atoms with Crippen molar-refractivity contribution >= 4 is 22.5 Å². The number of urea groups is 1. The quantitative estimate of drug-likeness (QED) is 0.254. The zero-order valence-electron chi connectivity index (χ0n) is 25.0. The first-order chi connectivity index (χ1) is 20.1. The van der Waals surface area contributed by atoms with E-state index in [0.29, 0.717) is 18.6 Å². The lowest BCUT2D eigenvalue weighted by atomic mass is 9.84. The van der Waals surface area contributed by atoms with Gasteiger partial charge in [-0.1, -0.05) is 74.6 Å². The van der Waals surface area contributed by atoms with Gasteiger partial charge in [-0.25, -0.2) is 4.79 Å². The number of likely N-dealkylation sites (tertiary alicyclic amines) is 1. The summed E-state index contributed by atoms with van der Waals surface area (Å²) in [5.41, 5.74) is 2.19. The predicted octanol–water partition coefficient (Wildman–Crippen LogP) is 6.95. The Morgan fingerprint density at radius 3 is 2.54 bits per heavy atom. The molecule has 2 aliphatic rings. The van der Waals surface area contributed by atoms with E-state index in [4.69, 9.17) is 4.74 Å². The van der Waals surface area contributed by atoms with Crippen LogP contribution in [-0.2, 0) is 6.42 Å². The van der Waals surface area contributed by atoms with E-state index in [1.165, 1.54) is 62.4 Å². The van der Waals surface area contributed by atoms with E-state index in [2.05, 4.69) is 69.9 Å². The van der Waals surface area contributed by atoms with Gasteiger partial charge >= 0.3 is 6.03 Å². The first-order valence-electron chi connectivity index (χ1n) is 15.7. The van der Waals surface area contributed by atoms with Crippen molar-refractivity contribution in [1.82, 2.24) is 15.1 Å².